The minimum atomic E-state index is -0.436. The second-order valence-corrected chi connectivity index (χ2v) is 4.02. The van der Waals surface area contributed by atoms with Crippen LogP contribution in [0.1, 0.15) is 0 Å². The number of nitrogens with zero attached hydrogens (tertiary/aromatic N) is 2. The highest BCUT2D eigenvalue weighted by Crippen LogP contribution is 2.31. The molecule has 2 N–H and O–H groups in total. The number of anilines is 1. The average Bonchev–Trinajstić information content (AvgIpc) is 2.62. The summed E-state index contributed by atoms with van der Waals surface area (Å²) in [5.41, 5.74) is 7.27. The normalized spacial score (nSPS) is 10.6. The summed E-state index contributed by atoms with van der Waals surface area (Å²) in [7, 11) is 1.79. The molecule has 0 atom stereocenters. The van der Waals surface area contributed by atoms with E-state index in [2.05, 4.69) is 21.0 Å². The van der Waals surface area contributed by atoms with Gasteiger partial charge in [0, 0.05) is 18.8 Å². The van der Waals surface area contributed by atoms with Crippen LogP contribution in [0.2, 0.25) is 0 Å². The molecule has 2 aromatic rings. The quantitative estimate of drug-likeness (QED) is 0.809. The van der Waals surface area contributed by atoms with E-state index in [0.717, 1.165) is 5.69 Å². The molecule has 0 aliphatic heterocycles. The highest BCUT2D eigenvalue weighted by molar-refractivity contribution is 9.10. The van der Waals surface area contributed by atoms with E-state index in [9.17, 15) is 4.39 Å². The van der Waals surface area contributed by atoms with E-state index >= 15 is 0 Å². The summed E-state index contributed by atoms with van der Waals surface area (Å²) in [6.07, 6.45) is 1.65. The minimum Gasteiger partial charge on any atom is -0.396 e. The van der Waals surface area contributed by atoms with E-state index < -0.39 is 5.82 Å². The highest BCUT2D eigenvalue weighted by atomic mass is 79.9. The van der Waals surface area contributed by atoms with Gasteiger partial charge in [-0.1, -0.05) is 0 Å². The number of aryl methyl sites for hydroxylation is 1. The Hall–Kier alpha value is -1.36. The maximum atomic E-state index is 13.5. The van der Waals surface area contributed by atoms with Gasteiger partial charge in [-0.15, -0.1) is 0 Å². The zero-order valence-corrected chi connectivity index (χ0v) is 9.62. The van der Waals surface area contributed by atoms with Crippen LogP contribution in [0, 0.1) is 5.82 Å². The molecule has 0 radical (unpaired) electrons. The Morgan fingerprint density at radius 2 is 2.13 bits per heavy atom. The monoisotopic (exact) mass is 269 g/mol. The van der Waals surface area contributed by atoms with Crippen LogP contribution in [0.5, 0.6) is 0 Å². The largest absolute Gasteiger partial charge is 0.396 e. The van der Waals surface area contributed by atoms with Crippen molar-refractivity contribution in [1.29, 1.82) is 0 Å². The number of aromatic nitrogens is 2. The van der Waals surface area contributed by atoms with Crippen molar-refractivity contribution in [2.45, 2.75) is 0 Å². The second-order valence-electron chi connectivity index (χ2n) is 3.16. The van der Waals surface area contributed by atoms with Gasteiger partial charge < -0.3 is 5.73 Å². The predicted octanol–water partition coefficient (Wildman–Crippen LogP) is 2.57. The van der Waals surface area contributed by atoms with E-state index in [0.29, 0.717) is 10.0 Å². The first-order valence-corrected chi connectivity index (χ1v) is 5.12. The molecule has 0 saturated carbocycles. The van der Waals surface area contributed by atoms with Crippen LogP contribution in [0.25, 0.3) is 11.3 Å². The summed E-state index contributed by atoms with van der Waals surface area (Å²) in [4.78, 5) is 0. The molecule has 0 aliphatic carbocycles. The van der Waals surface area contributed by atoms with Gasteiger partial charge in [-0.3, -0.25) is 4.68 Å². The predicted molar refractivity (Wildman–Crippen MR) is 60.7 cm³/mol. The third-order valence-corrected chi connectivity index (χ3v) is 2.84. The van der Waals surface area contributed by atoms with Gasteiger partial charge in [-0.25, -0.2) is 4.39 Å². The van der Waals surface area contributed by atoms with Gasteiger partial charge in [-0.2, -0.15) is 5.10 Å². The van der Waals surface area contributed by atoms with Crippen molar-refractivity contribution in [3.8, 4) is 11.3 Å². The lowest BCUT2D eigenvalue weighted by Crippen LogP contribution is -1.99. The highest BCUT2D eigenvalue weighted by Gasteiger charge is 2.12. The average molecular weight is 270 g/mol. The van der Waals surface area contributed by atoms with E-state index in [1.54, 1.807) is 36.1 Å². The molecule has 1 heterocycles. The Morgan fingerprint density at radius 3 is 2.73 bits per heavy atom. The molecular weight excluding hydrogens is 261 g/mol. The van der Waals surface area contributed by atoms with Gasteiger partial charge in [0.1, 0.15) is 0 Å². The molecule has 1 aromatic heterocycles. The zero-order chi connectivity index (χ0) is 11.0. The number of hydrogen-bond acceptors (Lipinski definition) is 2. The molecule has 0 unspecified atom stereocenters. The van der Waals surface area contributed by atoms with Crippen molar-refractivity contribution >= 4 is 21.6 Å². The Morgan fingerprint density at radius 1 is 1.40 bits per heavy atom. The van der Waals surface area contributed by atoms with E-state index in [4.69, 9.17) is 5.73 Å². The van der Waals surface area contributed by atoms with Crippen LogP contribution >= 0.6 is 15.9 Å². The fraction of sp³-hybridized carbons (Fsp3) is 0.100. The maximum absolute atomic E-state index is 13.5. The van der Waals surface area contributed by atoms with Crippen molar-refractivity contribution in [3.63, 3.8) is 0 Å². The molecular formula is C10H9BrFN3. The SMILES string of the molecule is Cn1nccc1-c1ccc(Br)c(F)c1N. The summed E-state index contributed by atoms with van der Waals surface area (Å²) in [5, 5.41) is 4.01. The van der Waals surface area contributed by atoms with Crippen molar-refractivity contribution in [2.24, 2.45) is 7.05 Å². The van der Waals surface area contributed by atoms with Crippen LogP contribution in [0.4, 0.5) is 10.1 Å². The van der Waals surface area contributed by atoms with Gasteiger partial charge in [0.15, 0.2) is 5.82 Å². The van der Waals surface area contributed by atoms with Crippen molar-refractivity contribution in [3.05, 3.63) is 34.7 Å². The number of nitrogen functional groups attached to an aromatic ring is 1. The summed E-state index contributed by atoms with van der Waals surface area (Å²) < 4.78 is 15.5. The van der Waals surface area contributed by atoms with E-state index in [-0.39, 0.29) is 5.69 Å². The first kappa shape index (κ1) is 10.2. The number of halogens is 2. The lowest BCUT2D eigenvalue weighted by atomic mass is 10.1. The van der Waals surface area contributed by atoms with Gasteiger partial charge in [0.05, 0.1) is 15.9 Å². The molecule has 0 bridgehead atoms. The Kier molecular flexibility index (Phi) is 2.48. The summed E-state index contributed by atoms with van der Waals surface area (Å²) in [6.45, 7) is 0. The zero-order valence-electron chi connectivity index (χ0n) is 8.04. The lowest BCUT2D eigenvalue weighted by Gasteiger charge is -2.07. The fourth-order valence-corrected chi connectivity index (χ4v) is 1.77. The van der Waals surface area contributed by atoms with Crippen LogP contribution in [0.15, 0.2) is 28.9 Å². The molecule has 78 valence electrons. The molecule has 15 heavy (non-hydrogen) atoms. The van der Waals surface area contributed by atoms with Crippen molar-refractivity contribution in [2.75, 3.05) is 5.73 Å². The molecule has 0 aliphatic rings. The van der Waals surface area contributed by atoms with Gasteiger partial charge >= 0.3 is 0 Å². The molecule has 3 nitrogen and oxygen atoms in total. The number of rotatable bonds is 1. The van der Waals surface area contributed by atoms with Crippen LogP contribution in [-0.4, -0.2) is 9.78 Å². The molecule has 0 spiro atoms. The smallest absolute Gasteiger partial charge is 0.160 e. The molecule has 2 rings (SSSR count). The summed E-state index contributed by atoms with van der Waals surface area (Å²) in [5.74, 6) is -0.436. The standard InChI is InChI=1S/C10H9BrFN3/c1-15-8(4-5-14-15)6-2-3-7(11)9(12)10(6)13/h2-5H,13H2,1H3. The molecule has 1 aromatic carbocycles. The van der Waals surface area contributed by atoms with Crippen molar-refractivity contribution < 1.29 is 4.39 Å². The van der Waals surface area contributed by atoms with Gasteiger partial charge in [0.2, 0.25) is 0 Å². The Labute approximate surface area is 94.8 Å². The molecule has 0 fully saturated rings. The van der Waals surface area contributed by atoms with Gasteiger partial charge in [-0.05, 0) is 34.1 Å². The number of nitrogens with two attached hydrogens (primary N) is 1. The minimum absolute atomic E-state index is 0.132. The van der Waals surface area contributed by atoms with E-state index in [1.807, 2.05) is 0 Å². The first-order valence-electron chi connectivity index (χ1n) is 4.33. The van der Waals surface area contributed by atoms with Crippen LogP contribution in [0.3, 0.4) is 0 Å². The number of benzene rings is 1. The summed E-state index contributed by atoms with van der Waals surface area (Å²) in [6, 6.07) is 5.19. The van der Waals surface area contributed by atoms with Crippen LogP contribution < -0.4 is 5.73 Å². The van der Waals surface area contributed by atoms with Crippen LogP contribution in [-0.2, 0) is 7.05 Å². The van der Waals surface area contributed by atoms with Gasteiger partial charge in [0.25, 0.3) is 0 Å². The third-order valence-electron chi connectivity index (χ3n) is 2.23. The maximum Gasteiger partial charge on any atom is 0.160 e. The first-order chi connectivity index (χ1) is 7.11. The fourth-order valence-electron chi connectivity index (χ4n) is 1.43. The Balaban J connectivity index is 2.65. The van der Waals surface area contributed by atoms with Crippen molar-refractivity contribution in [1.82, 2.24) is 9.78 Å². The molecule has 5 heteroatoms. The second kappa shape index (κ2) is 3.66. The van der Waals surface area contributed by atoms with E-state index in [1.165, 1.54) is 0 Å². The summed E-state index contributed by atoms with van der Waals surface area (Å²) >= 11 is 3.08. The number of hydrogen-bond donors (Lipinski definition) is 1. The third kappa shape index (κ3) is 1.63. The Bertz CT molecular complexity index is 507. The molecule has 0 amide bonds. The molecule has 0 saturated heterocycles. The topological polar surface area (TPSA) is 43.8 Å². The lowest BCUT2D eigenvalue weighted by molar-refractivity contribution is 0.626.